The zero-order valence-electron chi connectivity index (χ0n) is 21.7. The molecule has 0 bridgehead atoms. The lowest BCUT2D eigenvalue weighted by molar-refractivity contribution is -0.111. The molecule has 37 heavy (non-hydrogen) atoms. The Morgan fingerprint density at radius 2 is 1.68 bits per heavy atom. The molecule has 2 amide bonds. The van der Waals surface area contributed by atoms with Crippen molar-refractivity contribution in [3.63, 3.8) is 0 Å². The zero-order chi connectivity index (χ0) is 26.0. The third-order valence-corrected chi connectivity index (χ3v) is 6.81. The monoisotopic (exact) mass is 496 g/mol. The molecule has 6 heteroatoms. The number of fused-ring (bicyclic) bond motifs is 1. The third-order valence-electron chi connectivity index (χ3n) is 6.81. The van der Waals surface area contributed by atoms with E-state index in [9.17, 15) is 9.59 Å². The second-order valence-corrected chi connectivity index (χ2v) is 9.19. The van der Waals surface area contributed by atoms with Crippen LogP contribution < -0.4 is 15.5 Å². The van der Waals surface area contributed by atoms with Crippen molar-refractivity contribution in [1.29, 1.82) is 0 Å². The highest BCUT2D eigenvalue weighted by Crippen LogP contribution is 2.29. The Morgan fingerprint density at radius 1 is 0.946 bits per heavy atom. The number of hydrogen-bond acceptors (Lipinski definition) is 4. The second-order valence-electron chi connectivity index (χ2n) is 9.19. The highest BCUT2D eigenvalue weighted by Gasteiger charge is 2.22. The van der Waals surface area contributed by atoms with E-state index in [1.807, 2.05) is 42.5 Å². The SMILES string of the molecule is CCN(CC)CCNC(=O)c1cc(NC(=O)/C=C/c2ccccc2)ccc1N1CCc2ccccc2C1. The lowest BCUT2D eigenvalue weighted by Crippen LogP contribution is -2.36. The first-order chi connectivity index (χ1) is 18.1. The van der Waals surface area contributed by atoms with Crippen LogP contribution in [0.25, 0.3) is 6.08 Å². The first kappa shape index (κ1) is 26.2. The van der Waals surface area contributed by atoms with Gasteiger partial charge in [-0.05, 0) is 60.5 Å². The van der Waals surface area contributed by atoms with E-state index in [0.29, 0.717) is 17.8 Å². The molecule has 0 aromatic heterocycles. The zero-order valence-corrected chi connectivity index (χ0v) is 21.7. The summed E-state index contributed by atoms with van der Waals surface area (Å²) < 4.78 is 0. The largest absolute Gasteiger partial charge is 0.366 e. The summed E-state index contributed by atoms with van der Waals surface area (Å²) in [6.07, 6.45) is 4.21. The molecule has 1 aliphatic heterocycles. The fraction of sp³-hybridized carbons (Fsp3) is 0.290. The Balaban J connectivity index is 1.53. The molecule has 4 rings (SSSR count). The fourth-order valence-electron chi connectivity index (χ4n) is 4.66. The molecule has 0 unspecified atom stereocenters. The first-order valence-corrected chi connectivity index (χ1v) is 13.1. The molecule has 0 fully saturated rings. The van der Waals surface area contributed by atoms with Gasteiger partial charge in [0.15, 0.2) is 0 Å². The summed E-state index contributed by atoms with van der Waals surface area (Å²) in [7, 11) is 0. The van der Waals surface area contributed by atoms with Crippen LogP contribution >= 0.6 is 0 Å². The summed E-state index contributed by atoms with van der Waals surface area (Å²) >= 11 is 0. The van der Waals surface area contributed by atoms with Gasteiger partial charge in [-0.15, -0.1) is 0 Å². The lowest BCUT2D eigenvalue weighted by atomic mass is 9.98. The van der Waals surface area contributed by atoms with Crippen LogP contribution in [0.15, 0.2) is 78.9 Å². The minimum Gasteiger partial charge on any atom is -0.366 e. The van der Waals surface area contributed by atoms with Gasteiger partial charge in [0.25, 0.3) is 5.91 Å². The Labute approximate surface area is 220 Å². The number of hydrogen-bond donors (Lipinski definition) is 2. The molecular formula is C31H36N4O2. The molecule has 1 heterocycles. The Morgan fingerprint density at radius 3 is 2.43 bits per heavy atom. The molecule has 6 nitrogen and oxygen atoms in total. The minimum atomic E-state index is -0.239. The molecule has 0 radical (unpaired) electrons. The maximum absolute atomic E-state index is 13.4. The average molecular weight is 497 g/mol. The van der Waals surface area contributed by atoms with Crippen molar-refractivity contribution in [3.05, 3.63) is 101 Å². The number of nitrogens with one attached hydrogen (secondary N) is 2. The normalized spacial score (nSPS) is 13.0. The number of likely N-dealkylation sites (N-methyl/N-ethyl adjacent to an activating group) is 1. The van der Waals surface area contributed by atoms with Crippen LogP contribution in [0.5, 0.6) is 0 Å². The van der Waals surface area contributed by atoms with E-state index >= 15 is 0 Å². The van der Waals surface area contributed by atoms with Crippen molar-refractivity contribution in [2.24, 2.45) is 0 Å². The standard InChI is InChI=1S/C31H36N4O2/c1-3-34(4-2)21-19-32-31(37)28-22-27(33-30(36)17-14-24-10-6-5-7-11-24)15-16-29(28)35-20-18-25-12-8-9-13-26(25)23-35/h5-17,22H,3-4,18-21,23H2,1-2H3,(H,32,37)(H,33,36)/b17-14+. The van der Waals surface area contributed by atoms with E-state index in [1.165, 1.54) is 17.2 Å². The number of amides is 2. The maximum atomic E-state index is 13.4. The number of benzene rings is 3. The number of anilines is 2. The van der Waals surface area contributed by atoms with Gasteiger partial charge >= 0.3 is 0 Å². The Bertz CT molecular complexity index is 1230. The van der Waals surface area contributed by atoms with Crippen LogP contribution in [0.4, 0.5) is 11.4 Å². The van der Waals surface area contributed by atoms with E-state index in [1.54, 1.807) is 12.1 Å². The summed E-state index contributed by atoms with van der Waals surface area (Å²) in [5.74, 6) is -0.367. The molecule has 0 saturated carbocycles. The van der Waals surface area contributed by atoms with Crippen LogP contribution in [0.2, 0.25) is 0 Å². The van der Waals surface area contributed by atoms with Crippen molar-refractivity contribution >= 4 is 29.3 Å². The molecule has 0 saturated heterocycles. The number of carbonyl (C=O) groups excluding carboxylic acids is 2. The second kappa shape index (κ2) is 12.9. The van der Waals surface area contributed by atoms with E-state index in [0.717, 1.165) is 50.4 Å². The molecule has 0 atom stereocenters. The first-order valence-electron chi connectivity index (χ1n) is 13.1. The van der Waals surface area contributed by atoms with Gasteiger partial charge in [0, 0.05) is 43.6 Å². The van der Waals surface area contributed by atoms with Gasteiger partial charge in [0.2, 0.25) is 5.91 Å². The average Bonchev–Trinajstić information content (AvgIpc) is 2.94. The van der Waals surface area contributed by atoms with Crippen LogP contribution in [0, 0.1) is 0 Å². The number of rotatable bonds is 10. The topological polar surface area (TPSA) is 64.7 Å². The molecule has 192 valence electrons. The van der Waals surface area contributed by atoms with Gasteiger partial charge in [-0.2, -0.15) is 0 Å². The number of nitrogens with zero attached hydrogens (tertiary/aromatic N) is 2. The van der Waals surface area contributed by atoms with Crippen LogP contribution in [-0.4, -0.2) is 49.4 Å². The van der Waals surface area contributed by atoms with Crippen LogP contribution in [-0.2, 0) is 17.8 Å². The molecule has 0 aliphatic carbocycles. The van der Waals surface area contributed by atoms with E-state index in [4.69, 9.17) is 0 Å². The maximum Gasteiger partial charge on any atom is 0.253 e. The van der Waals surface area contributed by atoms with Crippen LogP contribution in [0.3, 0.4) is 0 Å². The smallest absolute Gasteiger partial charge is 0.253 e. The van der Waals surface area contributed by atoms with E-state index in [-0.39, 0.29) is 11.8 Å². The fourth-order valence-corrected chi connectivity index (χ4v) is 4.66. The predicted octanol–water partition coefficient (Wildman–Crippen LogP) is 4.97. The summed E-state index contributed by atoms with van der Waals surface area (Å²) in [5.41, 5.74) is 5.64. The molecule has 3 aromatic rings. The summed E-state index contributed by atoms with van der Waals surface area (Å²) in [4.78, 5) is 30.5. The van der Waals surface area contributed by atoms with Gasteiger partial charge in [0.05, 0.1) is 5.56 Å². The van der Waals surface area contributed by atoms with Crippen molar-refractivity contribution < 1.29 is 9.59 Å². The van der Waals surface area contributed by atoms with Crippen molar-refractivity contribution in [2.75, 3.05) is 42.9 Å². The van der Waals surface area contributed by atoms with E-state index in [2.05, 4.69) is 58.5 Å². The summed E-state index contributed by atoms with van der Waals surface area (Å²) in [5, 5.41) is 6.00. The third kappa shape index (κ3) is 7.08. The minimum absolute atomic E-state index is 0.128. The quantitative estimate of drug-likeness (QED) is 0.389. The molecular weight excluding hydrogens is 460 g/mol. The molecule has 2 N–H and O–H groups in total. The van der Waals surface area contributed by atoms with Gasteiger partial charge in [-0.3, -0.25) is 9.59 Å². The summed E-state index contributed by atoms with van der Waals surface area (Å²) in [6, 6.07) is 23.8. The van der Waals surface area contributed by atoms with Gasteiger partial charge < -0.3 is 20.4 Å². The van der Waals surface area contributed by atoms with Gasteiger partial charge in [0.1, 0.15) is 0 Å². The van der Waals surface area contributed by atoms with Crippen molar-refractivity contribution in [1.82, 2.24) is 10.2 Å². The Hall–Kier alpha value is -3.90. The van der Waals surface area contributed by atoms with E-state index < -0.39 is 0 Å². The lowest BCUT2D eigenvalue weighted by Gasteiger charge is -2.32. The van der Waals surface area contributed by atoms with Crippen molar-refractivity contribution in [2.45, 2.75) is 26.8 Å². The molecule has 0 spiro atoms. The van der Waals surface area contributed by atoms with Gasteiger partial charge in [-0.25, -0.2) is 0 Å². The number of carbonyl (C=O) groups is 2. The molecule has 3 aromatic carbocycles. The molecule has 1 aliphatic rings. The highest BCUT2D eigenvalue weighted by atomic mass is 16.2. The van der Waals surface area contributed by atoms with Crippen molar-refractivity contribution in [3.8, 4) is 0 Å². The summed E-state index contributed by atoms with van der Waals surface area (Å²) in [6.45, 7) is 9.09. The highest BCUT2D eigenvalue weighted by molar-refractivity contribution is 6.05. The van der Waals surface area contributed by atoms with Crippen LogP contribution in [0.1, 0.15) is 40.9 Å². The van der Waals surface area contributed by atoms with Gasteiger partial charge in [-0.1, -0.05) is 68.4 Å². The Kier molecular flexibility index (Phi) is 9.11. The predicted molar refractivity (Wildman–Crippen MR) is 152 cm³/mol.